The summed E-state index contributed by atoms with van der Waals surface area (Å²) in [7, 11) is -2.01. The predicted molar refractivity (Wildman–Crippen MR) is 131 cm³/mol. The van der Waals surface area contributed by atoms with Crippen LogP contribution in [0.4, 0.5) is 11.4 Å². The summed E-state index contributed by atoms with van der Waals surface area (Å²) in [6, 6.07) is 10.4. The summed E-state index contributed by atoms with van der Waals surface area (Å²) in [5.41, 5.74) is 3.14. The molecule has 2 aromatic rings. The quantitative estimate of drug-likeness (QED) is 0.618. The van der Waals surface area contributed by atoms with Gasteiger partial charge < -0.3 is 15.0 Å². The minimum Gasteiger partial charge on any atom is -0.496 e. The van der Waals surface area contributed by atoms with E-state index in [9.17, 15) is 18.0 Å². The lowest BCUT2D eigenvalue weighted by atomic mass is 10.1. The highest BCUT2D eigenvalue weighted by Gasteiger charge is 2.28. The fourth-order valence-corrected chi connectivity index (χ4v) is 6.17. The van der Waals surface area contributed by atoms with Crippen LogP contribution in [-0.4, -0.2) is 51.3 Å². The molecule has 2 aliphatic heterocycles. The van der Waals surface area contributed by atoms with Gasteiger partial charge in [-0.25, -0.2) is 8.42 Å². The van der Waals surface area contributed by atoms with Crippen molar-refractivity contribution in [1.82, 2.24) is 4.31 Å². The van der Waals surface area contributed by atoms with Crippen molar-refractivity contribution in [3.05, 3.63) is 47.5 Å². The van der Waals surface area contributed by atoms with Crippen molar-refractivity contribution in [3.63, 3.8) is 0 Å². The topological polar surface area (TPSA) is 96.0 Å². The SMILES string of the molecule is COc1ccc(S(=O)(=O)N2CCCC2)cc1CCC(=O)Nc1ccc(N2CCCC2=O)c(C)c1. The standard InChI is InChI=1S/C25H31N3O5S/c1-18-16-20(8-10-22(18)28-15-5-6-25(28)30)26-24(29)12-7-19-17-21(9-11-23(19)33-2)34(31,32)27-13-3-4-14-27/h8-11,16-17H,3-7,12-15H2,1-2H3,(H,26,29). The molecule has 0 saturated carbocycles. The first-order valence-corrected chi connectivity index (χ1v) is 13.1. The van der Waals surface area contributed by atoms with Gasteiger partial charge in [0.1, 0.15) is 5.75 Å². The maximum atomic E-state index is 12.9. The zero-order valence-electron chi connectivity index (χ0n) is 19.7. The Morgan fingerprint density at radius 2 is 1.82 bits per heavy atom. The van der Waals surface area contributed by atoms with Gasteiger partial charge in [0.15, 0.2) is 0 Å². The second-order valence-corrected chi connectivity index (χ2v) is 10.7. The molecular formula is C25H31N3O5S. The van der Waals surface area contributed by atoms with Gasteiger partial charge in [-0.1, -0.05) is 0 Å². The van der Waals surface area contributed by atoms with E-state index in [0.717, 1.165) is 37.1 Å². The largest absolute Gasteiger partial charge is 0.496 e. The lowest BCUT2D eigenvalue weighted by molar-refractivity contribution is -0.117. The number of nitrogens with zero attached hydrogens (tertiary/aromatic N) is 2. The molecule has 2 fully saturated rings. The van der Waals surface area contributed by atoms with E-state index < -0.39 is 10.0 Å². The molecule has 0 unspecified atom stereocenters. The molecule has 0 aromatic heterocycles. The number of sulfonamides is 1. The maximum absolute atomic E-state index is 12.9. The Labute approximate surface area is 200 Å². The van der Waals surface area contributed by atoms with Gasteiger partial charge in [0.05, 0.1) is 12.0 Å². The van der Waals surface area contributed by atoms with Gasteiger partial charge in [-0.05, 0) is 80.1 Å². The number of amides is 2. The first kappa shape index (κ1) is 24.2. The first-order valence-electron chi connectivity index (χ1n) is 11.7. The third-order valence-electron chi connectivity index (χ3n) is 6.42. The summed E-state index contributed by atoms with van der Waals surface area (Å²) >= 11 is 0. The maximum Gasteiger partial charge on any atom is 0.243 e. The van der Waals surface area contributed by atoms with Crippen LogP contribution in [0, 0.1) is 6.92 Å². The fraction of sp³-hybridized carbons (Fsp3) is 0.440. The fourth-order valence-electron chi connectivity index (χ4n) is 4.60. The summed E-state index contributed by atoms with van der Waals surface area (Å²) < 4.78 is 32.8. The van der Waals surface area contributed by atoms with Crippen LogP contribution in [0.3, 0.4) is 0 Å². The van der Waals surface area contributed by atoms with E-state index in [-0.39, 0.29) is 23.1 Å². The van der Waals surface area contributed by atoms with Gasteiger partial charge >= 0.3 is 0 Å². The highest BCUT2D eigenvalue weighted by atomic mass is 32.2. The number of methoxy groups -OCH3 is 1. The number of hydrogen-bond acceptors (Lipinski definition) is 5. The average Bonchev–Trinajstić information content (AvgIpc) is 3.50. The third-order valence-corrected chi connectivity index (χ3v) is 8.32. The molecule has 2 heterocycles. The molecule has 9 heteroatoms. The van der Waals surface area contributed by atoms with E-state index in [4.69, 9.17) is 4.74 Å². The van der Waals surface area contributed by atoms with Crippen molar-refractivity contribution < 1.29 is 22.7 Å². The van der Waals surface area contributed by atoms with E-state index in [1.165, 1.54) is 11.4 Å². The van der Waals surface area contributed by atoms with E-state index in [0.29, 0.717) is 42.9 Å². The number of hydrogen-bond donors (Lipinski definition) is 1. The zero-order chi connectivity index (χ0) is 24.3. The molecule has 2 saturated heterocycles. The van der Waals surface area contributed by atoms with Crippen molar-refractivity contribution in [1.29, 1.82) is 0 Å². The summed E-state index contributed by atoms with van der Waals surface area (Å²) in [5.74, 6) is 0.505. The Morgan fingerprint density at radius 3 is 2.47 bits per heavy atom. The number of nitrogens with one attached hydrogen (secondary N) is 1. The Balaban J connectivity index is 1.42. The van der Waals surface area contributed by atoms with Gasteiger partial charge in [-0.15, -0.1) is 0 Å². The lowest BCUT2D eigenvalue weighted by Gasteiger charge is -2.19. The van der Waals surface area contributed by atoms with Crippen molar-refractivity contribution in [2.75, 3.05) is 37.0 Å². The number of anilines is 2. The summed E-state index contributed by atoms with van der Waals surface area (Å²) in [6.45, 7) is 3.72. The van der Waals surface area contributed by atoms with Crippen LogP contribution in [0.25, 0.3) is 0 Å². The van der Waals surface area contributed by atoms with Crippen LogP contribution in [-0.2, 0) is 26.0 Å². The first-order chi connectivity index (χ1) is 16.3. The molecule has 34 heavy (non-hydrogen) atoms. The molecule has 0 spiro atoms. The molecule has 8 nitrogen and oxygen atoms in total. The molecular weight excluding hydrogens is 454 g/mol. The summed E-state index contributed by atoms with van der Waals surface area (Å²) in [6.07, 6.45) is 3.70. The molecule has 0 radical (unpaired) electrons. The molecule has 0 atom stereocenters. The Hall–Kier alpha value is -2.91. The van der Waals surface area contributed by atoms with Crippen LogP contribution in [0.1, 0.15) is 43.2 Å². The van der Waals surface area contributed by atoms with E-state index in [1.54, 1.807) is 29.2 Å². The van der Waals surface area contributed by atoms with Crippen LogP contribution in [0.5, 0.6) is 5.75 Å². The number of carbonyl (C=O) groups is 2. The smallest absolute Gasteiger partial charge is 0.243 e. The van der Waals surface area contributed by atoms with Crippen molar-refractivity contribution >= 4 is 33.2 Å². The van der Waals surface area contributed by atoms with Crippen LogP contribution in [0.15, 0.2) is 41.3 Å². The zero-order valence-corrected chi connectivity index (χ0v) is 20.5. The van der Waals surface area contributed by atoms with E-state index in [1.807, 2.05) is 19.1 Å². The number of aryl methyl sites for hydroxylation is 2. The summed E-state index contributed by atoms with van der Waals surface area (Å²) in [5, 5.41) is 2.90. The van der Waals surface area contributed by atoms with Crippen LogP contribution < -0.4 is 15.0 Å². The van der Waals surface area contributed by atoms with Crippen molar-refractivity contribution in [2.24, 2.45) is 0 Å². The molecule has 182 valence electrons. The van der Waals surface area contributed by atoms with Gasteiger partial charge in [-0.2, -0.15) is 4.31 Å². The molecule has 2 amide bonds. The van der Waals surface area contributed by atoms with Gasteiger partial charge in [0, 0.05) is 43.9 Å². The Bertz CT molecular complexity index is 1190. The van der Waals surface area contributed by atoms with Crippen LogP contribution >= 0.6 is 0 Å². The monoisotopic (exact) mass is 485 g/mol. The van der Waals surface area contributed by atoms with Gasteiger partial charge in [-0.3, -0.25) is 9.59 Å². The Morgan fingerprint density at radius 1 is 1.06 bits per heavy atom. The molecule has 2 aliphatic rings. The Kier molecular flexibility index (Phi) is 7.23. The minimum atomic E-state index is -3.54. The lowest BCUT2D eigenvalue weighted by Crippen LogP contribution is -2.28. The normalized spacial score (nSPS) is 16.8. The molecule has 2 aromatic carbocycles. The number of carbonyl (C=O) groups excluding carboxylic acids is 2. The number of ether oxygens (including phenoxy) is 1. The predicted octanol–water partition coefficient (Wildman–Crippen LogP) is 3.49. The number of benzene rings is 2. The highest BCUT2D eigenvalue weighted by molar-refractivity contribution is 7.89. The molecule has 0 aliphatic carbocycles. The van der Waals surface area contributed by atoms with Crippen LogP contribution in [0.2, 0.25) is 0 Å². The molecule has 1 N–H and O–H groups in total. The molecule has 4 rings (SSSR count). The van der Waals surface area contributed by atoms with Crippen molar-refractivity contribution in [3.8, 4) is 5.75 Å². The van der Waals surface area contributed by atoms with Gasteiger partial charge in [0.2, 0.25) is 21.8 Å². The average molecular weight is 486 g/mol. The van der Waals surface area contributed by atoms with E-state index in [2.05, 4.69) is 5.32 Å². The van der Waals surface area contributed by atoms with Crippen molar-refractivity contribution in [2.45, 2.75) is 50.3 Å². The molecule has 0 bridgehead atoms. The number of rotatable bonds is 8. The van der Waals surface area contributed by atoms with E-state index >= 15 is 0 Å². The second-order valence-electron chi connectivity index (χ2n) is 8.78. The third kappa shape index (κ3) is 5.10. The van der Waals surface area contributed by atoms with Gasteiger partial charge in [0.25, 0.3) is 0 Å². The summed E-state index contributed by atoms with van der Waals surface area (Å²) in [4.78, 5) is 26.7. The highest BCUT2D eigenvalue weighted by Crippen LogP contribution is 2.29. The minimum absolute atomic E-state index is 0.128. The second kappa shape index (κ2) is 10.1.